The maximum atomic E-state index is 11.9. The fourth-order valence-electron chi connectivity index (χ4n) is 2.10. The third-order valence-corrected chi connectivity index (χ3v) is 3.69. The van der Waals surface area contributed by atoms with E-state index in [2.05, 4.69) is 12.2 Å². The van der Waals surface area contributed by atoms with Crippen LogP contribution in [0.25, 0.3) is 0 Å². The average molecular weight is 252 g/mol. The molecule has 0 aromatic heterocycles. The standard InChI is InChI=1S/C14H18ClNO/c1-2-13(11-7-4-8-12(15)9-11)16-14(17)10-5-3-6-10/h4,7-10,13H,2-3,5-6H2,1H3,(H,16,17). The summed E-state index contributed by atoms with van der Waals surface area (Å²) >= 11 is 5.97. The highest BCUT2D eigenvalue weighted by Gasteiger charge is 2.26. The molecular formula is C14H18ClNO. The lowest BCUT2D eigenvalue weighted by atomic mass is 9.84. The summed E-state index contributed by atoms with van der Waals surface area (Å²) in [5.41, 5.74) is 1.09. The van der Waals surface area contributed by atoms with Crippen LogP contribution < -0.4 is 5.32 Å². The minimum Gasteiger partial charge on any atom is -0.349 e. The Morgan fingerprint density at radius 2 is 2.29 bits per heavy atom. The Kier molecular flexibility index (Phi) is 4.06. The van der Waals surface area contributed by atoms with E-state index >= 15 is 0 Å². The van der Waals surface area contributed by atoms with E-state index in [4.69, 9.17) is 11.6 Å². The highest BCUT2D eigenvalue weighted by molar-refractivity contribution is 6.30. The number of carbonyl (C=O) groups is 1. The van der Waals surface area contributed by atoms with E-state index in [0.717, 1.165) is 29.8 Å². The lowest BCUT2D eigenvalue weighted by Gasteiger charge is -2.27. The molecule has 1 aromatic rings. The molecule has 1 atom stereocenters. The number of benzene rings is 1. The first-order valence-corrected chi connectivity index (χ1v) is 6.64. The Morgan fingerprint density at radius 3 is 2.82 bits per heavy atom. The van der Waals surface area contributed by atoms with Crippen LogP contribution in [0.15, 0.2) is 24.3 Å². The quantitative estimate of drug-likeness (QED) is 0.869. The number of amides is 1. The van der Waals surface area contributed by atoms with Gasteiger partial charge in [-0.15, -0.1) is 0 Å². The van der Waals surface area contributed by atoms with Gasteiger partial charge in [-0.1, -0.05) is 37.1 Å². The minimum atomic E-state index is 0.0850. The molecule has 1 aliphatic rings. The van der Waals surface area contributed by atoms with E-state index in [9.17, 15) is 4.79 Å². The predicted octanol–water partition coefficient (Wildman–Crippen LogP) is 3.71. The number of nitrogens with one attached hydrogen (secondary N) is 1. The molecular weight excluding hydrogens is 234 g/mol. The Bertz CT molecular complexity index is 401. The summed E-state index contributed by atoms with van der Waals surface area (Å²) in [6.07, 6.45) is 4.15. The van der Waals surface area contributed by atoms with Gasteiger partial charge in [-0.2, -0.15) is 0 Å². The second-order valence-corrected chi connectivity index (χ2v) is 5.09. The van der Waals surface area contributed by atoms with Gasteiger partial charge in [0.1, 0.15) is 0 Å². The van der Waals surface area contributed by atoms with Gasteiger partial charge in [0.25, 0.3) is 0 Å². The fourth-order valence-corrected chi connectivity index (χ4v) is 2.30. The molecule has 0 saturated heterocycles. The number of carbonyl (C=O) groups excluding carboxylic acids is 1. The van der Waals surface area contributed by atoms with Crippen LogP contribution in [-0.4, -0.2) is 5.91 Å². The van der Waals surface area contributed by atoms with Gasteiger partial charge in [0.15, 0.2) is 0 Å². The van der Waals surface area contributed by atoms with Gasteiger partial charge >= 0.3 is 0 Å². The number of halogens is 1. The van der Waals surface area contributed by atoms with Crippen LogP contribution in [0.2, 0.25) is 5.02 Å². The number of hydrogen-bond acceptors (Lipinski definition) is 1. The van der Waals surface area contributed by atoms with Crippen molar-refractivity contribution in [2.45, 2.75) is 38.6 Å². The van der Waals surface area contributed by atoms with Crippen LogP contribution in [0.3, 0.4) is 0 Å². The molecule has 0 bridgehead atoms. The molecule has 1 unspecified atom stereocenters. The normalized spacial score (nSPS) is 17.3. The molecule has 1 aliphatic carbocycles. The van der Waals surface area contributed by atoms with Gasteiger partial charge in [0.2, 0.25) is 5.91 Å². The summed E-state index contributed by atoms with van der Waals surface area (Å²) in [5, 5.41) is 3.84. The van der Waals surface area contributed by atoms with Crippen LogP contribution in [0.1, 0.15) is 44.2 Å². The monoisotopic (exact) mass is 251 g/mol. The molecule has 92 valence electrons. The molecule has 0 aliphatic heterocycles. The minimum absolute atomic E-state index is 0.0850. The van der Waals surface area contributed by atoms with E-state index in [1.165, 1.54) is 6.42 Å². The summed E-state index contributed by atoms with van der Waals surface area (Å²) in [4.78, 5) is 11.9. The van der Waals surface area contributed by atoms with Gasteiger partial charge in [0.05, 0.1) is 6.04 Å². The maximum Gasteiger partial charge on any atom is 0.223 e. The molecule has 1 fully saturated rings. The lowest BCUT2D eigenvalue weighted by molar-refractivity contribution is -0.128. The molecule has 1 N–H and O–H groups in total. The van der Waals surface area contributed by atoms with E-state index in [0.29, 0.717) is 0 Å². The summed E-state index contributed by atoms with van der Waals surface area (Å²) in [6.45, 7) is 2.08. The van der Waals surface area contributed by atoms with Gasteiger partial charge in [-0.25, -0.2) is 0 Å². The van der Waals surface area contributed by atoms with Crippen molar-refractivity contribution < 1.29 is 4.79 Å². The van der Waals surface area contributed by atoms with Crippen molar-refractivity contribution in [3.05, 3.63) is 34.9 Å². The molecule has 0 heterocycles. The molecule has 1 saturated carbocycles. The SMILES string of the molecule is CCC(NC(=O)C1CCC1)c1cccc(Cl)c1. The van der Waals surface area contributed by atoms with Crippen molar-refractivity contribution >= 4 is 17.5 Å². The van der Waals surface area contributed by atoms with E-state index in [-0.39, 0.29) is 17.9 Å². The summed E-state index contributed by atoms with van der Waals surface area (Å²) in [6, 6.07) is 7.81. The highest BCUT2D eigenvalue weighted by atomic mass is 35.5. The van der Waals surface area contributed by atoms with Crippen molar-refractivity contribution in [2.75, 3.05) is 0 Å². The second kappa shape index (κ2) is 5.54. The molecule has 0 spiro atoms. The highest BCUT2D eigenvalue weighted by Crippen LogP contribution is 2.28. The number of hydrogen-bond donors (Lipinski definition) is 1. The lowest BCUT2D eigenvalue weighted by Crippen LogP contribution is -2.36. The van der Waals surface area contributed by atoms with E-state index < -0.39 is 0 Å². The van der Waals surface area contributed by atoms with Crippen molar-refractivity contribution in [1.82, 2.24) is 5.32 Å². The molecule has 3 heteroatoms. The van der Waals surface area contributed by atoms with Crippen LogP contribution in [0, 0.1) is 5.92 Å². The van der Waals surface area contributed by atoms with Gasteiger partial charge in [-0.05, 0) is 37.0 Å². The third-order valence-electron chi connectivity index (χ3n) is 3.45. The Balaban J connectivity index is 2.02. The van der Waals surface area contributed by atoms with Crippen molar-refractivity contribution in [1.29, 1.82) is 0 Å². The summed E-state index contributed by atoms with van der Waals surface area (Å²) in [7, 11) is 0. The van der Waals surface area contributed by atoms with Crippen molar-refractivity contribution in [2.24, 2.45) is 5.92 Å². The van der Waals surface area contributed by atoms with Crippen molar-refractivity contribution in [3.8, 4) is 0 Å². The van der Waals surface area contributed by atoms with Gasteiger partial charge < -0.3 is 5.32 Å². The molecule has 2 nitrogen and oxygen atoms in total. The first-order valence-electron chi connectivity index (χ1n) is 6.26. The van der Waals surface area contributed by atoms with Crippen LogP contribution in [-0.2, 0) is 4.79 Å². The molecule has 2 rings (SSSR count). The van der Waals surface area contributed by atoms with Gasteiger partial charge in [-0.3, -0.25) is 4.79 Å². The zero-order valence-electron chi connectivity index (χ0n) is 10.1. The zero-order chi connectivity index (χ0) is 12.3. The molecule has 1 aromatic carbocycles. The predicted molar refractivity (Wildman–Crippen MR) is 70.0 cm³/mol. The topological polar surface area (TPSA) is 29.1 Å². The maximum absolute atomic E-state index is 11.9. The smallest absolute Gasteiger partial charge is 0.223 e. The molecule has 0 radical (unpaired) electrons. The Hall–Kier alpha value is -1.02. The summed E-state index contributed by atoms with van der Waals surface area (Å²) < 4.78 is 0. The van der Waals surface area contributed by atoms with Crippen LogP contribution in [0.5, 0.6) is 0 Å². The Morgan fingerprint density at radius 1 is 1.53 bits per heavy atom. The molecule has 17 heavy (non-hydrogen) atoms. The van der Waals surface area contributed by atoms with E-state index in [1.54, 1.807) is 0 Å². The van der Waals surface area contributed by atoms with Crippen LogP contribution >= 0.6 is 11.6 Å². The van der Waals surface area contributed by atoms with Crippen LogP contribution in [0.4, 0.5) is 0 Å². The Labute approximate surface area is 107 Å². The second-order valence-electron chi connectivity index (χ2n) is 4.65. The zero-order valence-corrected chi connectivity index (χ0v) is 10.8. The largest absolute Gasteiger partial charge is 0.349 e. The average Bonchev–Trinajstić information content (AvgIpc) is 2.23. The number of rotatable bonds is 4. The summed E-state index contributed by atoms with van der Waals surface area (Å²) in [5.74, 6) is 0.436. The fraction of sp³-hybridized carbons (Fsp3) is 0.500. The first kappa shape index (κ1) is 12.4. The van der Waals surface area contributed by atoms with Crippen molar-refractivity contribution in [3.63, 3.8) is 0 Å². The van der Waals surface area contributed by atoms with E-state index in [1.807, 2.05) is 24.3 Å². The first-order chi connectivity index (χ1) is 8.20. The third kappa shape index (κ3) is 3.01. The molecule has 1 amide bonds. The van der Waals surface area contributed by atoms with Gasteiger partial charge in [0, 0.05) is 10.9 Å².